The molecule has 0 spiro atoms. The lowest BCUT2D eigenvalue weighted by Crippen LogP contribution is -2.29. The number of ether oxygens (including phenoxy) is 1. The van der Waals surface area contributed by atoms with Crippen LogP contribution in [-0.2, 0) is 7.05 Å². The molecule has 1 heterocycles. The summed E-state index contributed by atoms with van der Waals surface area (Å²) in [4.78, 5) is 24.8. The van der Waals surface area contributed by atoms with Gasteiger partial charge in [-0.3, -0.25) is 9.59 Å². The van der Waals surface area contributed by atoms with E-state index in [1.54, 1.807) is 38.2 Å². The summed E-state index contributed by atoms with van der Waals surface area (Å²) >= 11 is 0. The van der Waals surface area contributed by atoms with Gasteiger partial charge in [-0.1, -0.05) is 31.2 Å². The Hall–Kier alpha value is -3.59. The zero-order valence-electron chi connectivity index (χ0n) is 18.5. The molecule has 0 aliphatic heterocycles. The van der Waals surface area contributed by atoms with Crippen LogP contribution < -0.4 is 10.1 Å². The van der Waals surface area contributed by atoms with Crippen LogP contribution in [0.3, 0.4) is 0 Å². The van der Waals surface area contributed by atoms with Crippen LogP contribution in [0.2, 0.25) is 0 Å². The average Bonchev–Trinajstić information content (AvgIpc) is 2.99. The number of carbonyl (C=O) groups is 2. The number of aliphatic hydroxyl groups is 1. The van der Waals surface area contributed by atoms with Gasteiger partial charge in [0.05, 0.1) is 11.7 Å². The minimum atomic E-state index is -1.45. The number of aliphatic hydroxyl groups excluding tert-OH is 1. The maximum atomic E-state index is 14.3. The molecule has 1 aliphatic carbocycles. The summed E-state index contributed by atoms with van der Waals surface area (Å²) in [5.74, 6) is -1.87. The zero-order valence-corrected chi connectivity index (χ0v) is 18.5. The molecule has 0 radical (unpaired) electrons. The predicted molar refractivity (Wildman–Crippen MR) is 118 cm³/mol. The van der Waals surface area contributed by atoms with Gasteiger partial charge in [0.25, 0.3) is 5.91 Å². The van der Waals surface area contributed by atoms with Crippen molar-refractivity contribution in [2.45, 2.75) is 32.5 Å². The molecule has 9 heteroatoms. The molecule has 33 heavy (non-hydrogen) atoms. The third-order valence-corrected chi connectivity index (χ3v) is 5.19. The number of amides is 1. The Morgan fingerprint density at radius 1 is 1.24 bits per heavy atom. The van der Waals surface area contributed by atoms with E-state index in [0.717, 1.165) is 23.8 Å². The number of carbonyl (C=O) groups excluding carboxylic acids is 2. The monoisotopic (exact) mass is 457 g/mol. The number of ketones is 1. The number of nitrogens with one attached hydrogen (secondary N) is 1. The molecule has 1 aliphatic rings. The average molecular weight is 457 g/mol. The van der Waals surface area contributed by atoms with E-state index in [4.69, 9.17) is 9.84 Å². The molecule has 0 saturated heterocycles. The van der Waals surface area contributed by atoms with Gasteiger partial charge in [0, 0.05) is 12.6 Å². The number of aromatic nitrogens is 2. The van der Waals surface area contributed by atoms with Crippen LogP contribution >= 0.6 is 0 Å². The van der Waals surface area contributed by atoms with Crippen LogP contribution in [0.15, 0.2) is 60.2 Å². The highest BCUT2D eigenvalue weighted by Gasteiger charge is 2.26. The Balaban J connectivity index is 1.86. The summed E-state index contributed by atoms with van der Waals surface area (Å²) in [5, 5.41) is 16.1. The van der Waals surface area contributed by atoms with Crippen LogP contribution in [0.5, 0.6) is 5.88 Å². The summed E-state index contributed by atoms with van der Waals surface area (Å²) in [6.07, 6.45) is 3.45. The molecule has 0 fully saturated rings. The standard InChI is InChI=1S/C24H25F2N3O4/c1-4-19(15-5-7-16(8-6-15)20(31)13-30)27-23(32)22-14(2)28-29(3)24(22)33-21-12-10-17(25)9-11-18(21)26/h5-12,17,19,30H,4,13H2,1-3H3,(H,27,32). The van der Waals surface area contributed by atoms with Crippen molar-refractivity contribution < 1.29 is 28.2 Å². The zero-order chi connectivity index (χ0) is 24.1. The second kappa shape index (κ2) is 10.4. The number of Topliss-reactive ketones (excluding diaryl/α,β-unsaturated/α-hetero) is 1. The van der Waals surface area contributed by atoms with E-state index in [2.05, 4.69) is 10.4 Å². The van der Waals surface area contributed by atoms with Crippen molar-refractivity contribution in [1.29, 1.82) is 0 Å². The topological polar surface area (TPSA) is 93.5 Å². The van der Waals surface area contributed by atoms with E-state index < -0.39 is 30.3 Å². The molecule has 0 saturated carbocycles. The first-order valence-electron chi connectivity index (χ1n) is 10.4. The van der Waals surface area contributed by atoms with Crippen LogP contribution in [0.1, 0.15) is 51.4 Å². The Kier molecular flexibility index (Phi) is 7.55. The highest BCUT2D eigenvalue weighted by Crippen LogP contribution is 2.28. The summed E-state index contributed by atoms with van der Waals surface area (Å²) in [6.45, 7) is 2.94. The molecule has 174 valence electrons. The molecule has 1 amide bonds. The third-order valence-electron chi connectivity index (χ3n) is 5.19. The Morgan fingerprint density at radius 2 is 1.91 bits per heavy atom. The maximum absolute atomic E-state index is 14.3. The van der Waals surface area contributed by atoms with Gasteiger partial charge in [-0.25, -0.2) is 13.5 Å². The van der Waals surface area contributed by atoms with Gasteiger partial charge >= 0.3 is 0 Å². The van der Waals surface area contributed by atoms with Crippen LogP contribution in [0.4, 0.5) is 8.78 Å². The molecule has 2 unspecified atom stereocenters. The lowest BCUT2D eigenvalue weighted by Gasteiger charge is -2.18. The summed E-state index contributed by atoms with van der Waals surface area (Å²) in [7, 11) is 1.56. The fourth-order valence-corrected chi connectivity index (χ4v) is 3.43. The largest absolute Gasteiger partial charge is 0.435 e. The van der Waals surface area contributed by atoms with Gasteiger partial charge in [-0.05, 0) is 43.2 Å². The Bertz CT molecular complexity index is 1130. The van der Waals surface area contributed by atoms with Gasteiger partial charge in [0.1, 0.15) is 18.3 Å². The first kappa shape index (κ1) is 24.1. The van der Waals surface area contributed by atoms with Crippen molar-refractivity contribution in [3.05, 3.63) is 82.5 Å². The molecule has 1 aromatic heterocycles. The van der Waals surface area contributed by atoms with Gasteiger partial charge in [-0.2, -0.15) is 5.10 Å². The van der Waals surface area contributed by atoms with E-state index in [0.29, 0.717) is 17.7 Å². The Morgan fingerprint density at radius 3 is 2.55 bits per heavy atom. The number of alkyl halides is 1. The van der Waals surface area contributed by atoms with Crippen LogP contribution in [0, 0.1) is 6.92 Å². The van der Waals surface area contributed by atoms with Crippen molar-refractivity contribution in [1.82, 2.24) is 15.1 Å². The number of allylic oxidation sites excluding steroid dienone is 5. The first-order chi connectivity index (χ1) is 15.7. The first-order valence-corrected chi connectivity index (χ1v) is 10.4. The fourth-order valence-electron chi connectivity index (χ4n) is 3.43. The van der Waals surface area contributed by atoms with E-state index in [9.17, 15) is 18.4 Å². The van der Waals surface area contributed by atoms with Crippen molar-refractivity contribution >= 4 is 11.7 Å². The van der Waals surface area contributed by atoms with E-state index in [1.807, 2.05) is 6.92 Å². The lowest BCUT2D eigenvalue weighted by atomic mass is 10.0. The van der Waals surface area contributed by atoms with Crippen molar-refractivity contribution in [2.24, 2.45) is 7.05 Å². The second-order valence-electron chi connectivity index (χ2n) is 7.50. The SMILES string of the molecule is CCC(NC(=O)c1c(C)nn(C)c1OC1=C(F)C=CC(F)C=C1)c1ccc(C(=O)CO)cc1. The quantitative estimate of drug-likeness (QED) is 0.588. The summed E-state index contributed by atoms with van der Waals surface area (Å²) in [6, 6.07) is 6.21. The smallest absolute Gasteiger partial charge is 0.259 e. The third kappa shape index (κ3) is 5.43. The Labute approximate surface area is 190 Å². The summed E-state index contributed by atoms with van der Waals surface area (Å²) < 4.78 is 34.8. The van der Waals surface area contributed by atoms with E-state index in [-0.39, 0.29) is 23.2 Å². The van der Waals surface area contributed by atoms with Gasteiger partial charge < -0.3 is 15.2 Å². The number of aryl methyl sites for hydroxylation is 2. The van der Waals surface area contributed by atoms with Crippen molar-refractivity contribution in [3.8, 4) is 5.88 Å². The number of hydrogen-bond acceptors (Lipinski definition) is 5. The van der Waals surface area contributed by atoms with Crippen molar-refractivity contribution in [2.75, 3.05) is 6.61 Å². The molecule has 0 bridgehead atoms. The highest BCUT2D eigenvalue weighted by molar-refractivity contribution is 5.98. The van der Waals surface area contributed by atoms with Gasteiger partial charge in [0.2, 0.25) is 5.88 Å². The van der Waals surface area contributed by atoms with Crippen molar-refractivity contribution in [3.63, 3.8) is 0 Å². The normalized spacial score (nSPS) is 16.5. The molecule has 1 aromatic carbocycles. The number of benzene rings is 1. The minimum absolute atomic E-state index is 0.0178. The van der Waals surface area contributed by atoms with Crippen LogP contribution in [0.25, 0.3) is 0 Å². The number of nitrogens with zero attached hydrogens (tertiary/aromatic N) is 2. The molecule has 2 aromatic rings. The maximum Gasteiger partial charge on any atom is 0.259 e. The fraction of sp³-hybridized carbons (Fsp3) is 0.292. The number of hydrogen-bond donors (Lipinski definition) is 2. The lowest BCUT2D eigenvalue weighted by molar-refractivity contribution is 0.0901. The molecule has 2 N–H and O–H groups in total. The molecule has 2 atom stereocenters. The number of rotatable bonds is 8. The number of halogens is 2. The van der Waals surface area contributed by atoms with Gasteiger partial charge in [-0.15, -0.1) is 0 Å². The molecule has 3 rings (SSSR count). The summed E-state index contributed by atoms with van der Waals surface area (Å²) in [5.41, 5.74) is 1.64. The van der Waals surface area contributed by atoms with E-state index >= 15 is 0 Å². The predicted octanol–water partition coefficient (Wildman–Crippen LogP) is 3.81. The molecular weight excluding hydrogens is 432 g/mol. The minimum Gasteiger partial charge on any atom is -0.435 e. The van der Waals surface area contributed by atoms with Crippen LogP contribution in [-0.4, -0.2) is 39.4 Å². The molecule has 7 nitrogen and oxygen atoms in total. The second-order valence-corrected chi connectivity index (χ2v) is 7.50. The molecular formula is C24H25F2N3O4. The van der Waals surface area contributed by atoms with Gasteiger partial charge in [0.15, 0.2) is 17.4 Å². The highest BCUT2D eigenvalue weighted by atomic mass is 19.1. The van der Waals surface area contributed by atoms with E-state index in [1.165, 1.54) is 10.8 Å².